The standard InChI is InChI=1S/C12H17BrN2O2/c1-5-12(3,17-4)11(16)15-10-6-8(2)9(13)7-14-10/h6-7H,5H2,1-4H3,(H,14,15,16). The maximum atomic E-state index is 12.0. The molecule has 0 bridgehead atoms. The third-order valence-corrected chi connectivity index (χ3v) is 3.72. The molecule has 1 N–H and O–H groups in total. The van der Waals surface area contributed by atoms with Crippen molar-refractivity contribution in [3.8, 4) is 0 Å². The fourth-order valence-corrected chi connectivity index (χ4v) is 1.47. The van der Waals surface area contributed by atoms with E-state index in [1.807, 2.05) is 19.9 Å². The molecule has 1 aromatic rings. The molecule has 1 aromatic heterocycles. The molecular formula is C12H17BrN2O2. The van der Waals surface area contributed by atoms with Gasteiger partial charge >= 0.3 is 0 Å². The number of carbonyl (C=O) groups is 1. The number of rotatable bonds is 4. The lowest BCUT2D eigenvalue weighted by molar-refractivity contribution is -0.136. The molecule has 1 amide bonds. The smallest absolute Gasteiger partial charge is 0.257 e. The number of hydrogen-bond acceptors (Lipinski definition) is 3. The topological polar surface area (TPSA) is 51.2 Å². The van der Waals surface area contributed by atoms with E-state index in [9.17, 15) is 4.79 Å². The van der Waals surface area contributed by atoms with Crippen LogP contribution < -0.4 is 5.32 Å². The number of aryl methyl sites for hydroxylation is 1. The van der Waals surface area contributed by atoms with E-state index in [0.717, 1.165) is 10.0 Å². The summed E-state index contributed by atoms with van der Waals surface area (Å²) in [5.41, 5.74) is 0.203. The quantitative estimate of drug-likeness (QED) is 0.930. The summed E-state index contributed by atoms with van der Waals surface area (Å²) in [6.45, 7) is 5.61. The number of methoxy groups -OCH3 is 1. The van der Waals surface area contributed by atoms with Crippen LogP contribution in [0.1, 0.15) is 25.8 Å². The van der Waals surface area contributed by atoms with E-state index < -0.39 is 5.60 Å². The molecule has 1 rings (SSSR count). The van der Waals surface area contributed by atoms with Gasteiger partial charge in [-0.05, 0) is 47.8 Å². The molecule has 0 saturated carbocycles. The zero-order valence-electron chi connectivity index (χ0n) is 10.5. The van der Waals surface area contributed by atoms with Gasteiger partial charge in [0.2, 0.25) is 0 Å². The Morgan fingerprint density at radius 3 is 2.76 bits per heavy atom. The van der Waals surface area contributed by atoms with Crippen LogP contribution in [0.5, 0.6) is 0 Å². The molecule has 5 heteroatoms. The van der Waals surface area contributed by atoms with Gasteiger partial charge in [0.05, 0.1) is 0 Å². The number of halogens is 1. The lowest BCUT2D eigenvalue weighted by Gasteiger charge is -2.24. The number of aromatic nitrogens is 1. The Hall–Kier alpha value is -0.940. The number of nitrogens with zero attached hydrogens (tertiary/aromatic N) is 1. The first kappa shape index (κ1) is 14.1. The van der Waals surface area contributed by atoms with Crippen molar-refractivity contribution in [3.63, 3.8) is 0 Å². The van der Waals surface area contributed by atoms with Gasteiger partial charge in [-0.2, -0.15) is 0 Å². The minimum Gasteiger partial charge on any atom is -0.369 e. The highest BCUT2D eigenvalue weighted by molar-refractivity contribution is 9.10. The number of pyridine rings is 1. The van der Waals surface area contributed by atoms with Crippen molar-refractivity contribution in [3.05, 3.63) is 22.3 Å². The Morgan fingerprint density at radius 1 is 1.65 bits per heavy atom. The van der Waals surface area contributed by atoms with Crippen LogP contribution in [0.15, 0.2) is 16.7 Å². The van der Waals surface area contributed by atoms with Crippen molar-refractivity contribution in [1.29, 1.82) is 0 Å². The average molecular weight is 301 g/mol. The predicted molar refractivity (Wildman–Crippen MR) is 71.0 cm³/mol. The Bertz CT molecular complexity index is 417. The summed E-state index contributed by atoms with van der Waals surface area (Å²) >= 11 is 3.36. The second kappa shape index (κ2) is 5.60. The van der Waals surface area contributed by atoms with Crippen LogP contribution in [0.25, 0.3) is 0 Å². The summed E-state index contributed by atoms with van der Waals surface area (Å²) in [5.74, 6) is 0.351. The van der Waals surface area contributed by atoms with Crippen molar-refractivity contribution in [2.45, 2.75) is 32.8 Å². The first-order valence-electron chi connectivity index (χ1n) is 5.41. The molecule has 0 aliphatic heterocycles. The third kappa shape index (κ3) is 3.26. The van der Waals surface area contributed by atoms with Crippen LogP contribution in [-0.4, -0.2) is 23.6 Å². The molecule has 1 unspecified atom stereocenters. The third-order valence-electron chi connectivity index (χ3n) is 2.89. The van der Waals surface area contributed by atoms with Gasteiger partial charge in [-0.25, -0.2) is 4.98 Å². The molecule has 1 heterocycles. The summed E-state index contributed by atoms with van der Waals surface area (Å²) < 4.78 is 6.14. The zero-order valence-corrected chi connectivity index (χ0v) is 12.1. The number of carbonyl (C=O) groups excluding carboxylic acids is 1. The number of anilines is 1. The van der Waals surface area contributed by atoms with Gasteiger partial charge < -0.3 is 10.1 Å². The molecule has 0 fully saturated rings. The summed E-state index contributed by atoms with van der Waals surface area (Å²) in [4.78, 5) is 16.1. The van der Waals surface area contributed by atoms with Gasteiger partial charge in [-0.3, -0.25) is 4.79 Å². The van der Waals surface area contributed by atoms with E-state index in [1.54, 1.807) is 13.1 Å². The SMILES string of the molecule is CCC(C)(OC)C(=O)Nc1cc(C)c(Br)cn1. The molecule has 0 radical (unpaired) electrons. The van der Waals surface area contributed by atoms with Crippen LogP contribution in [0, 0.1) is 6.92 Å². The minimum atomic E-state index is -0.817. The average Bonchev–Trinajstić information content (AvgIpc) is 2.32. The largest absolute Gasteiger partial charge is 0.369 e. The Morgan fingerprint density at radius 2 is 2.29 bits per heavy atom. The van der Waals surface area contributed by atoms with Crippen molar-refractivity contribution in [1.82, 2.24) is 4.98 Å². The second-order valence-corrected chi connectivity index (χ2v) is 4.92. The normalized spacial score (nSPS) is 14.2. The van der Waals surface area contributed by atoms with Crippen molar-refractivity contribution in [2.75, 3.05) is 12.4 Å². The van der Waals surface area contributed by atoms with Crippen LogP contribution in [-0.2, 0) is 9.53 Å². The number of nitrogens with one attached hydrogen (secondary N) is 1. The highest BCUT2D eigenvalue weighted by Crippen LogP contribution is 2.20. The molecular weight excluding hydrogens is 284 g/mol. The van der Waals surface area contributed by atoms with Crippen molar-refractivity contribution >= 4 is 27.7 Å². The molecule has 0 aromatic carbocycles. The molecule has 94 valence electrons. The number of hydrogen-bond donors (Lipinski definition) is 1. The summed E-state index contributed by atoms with van der Waals surface area (Å²) in [6, 6.07) is 1.81. The highest BCUT2D eigenvalue weighted by atomic mass is 79.9. The lowest BCUT2D eigenvalue weighted by atomic mass is 10.0. The van der Waals surface area contributed by atoms with Crippen LogP contribution in [0.3, 0.4) is 0 Å². The van der Waals surface area contributed by atoms with Gasteiger partial charge in [0.15, 0.2) is 0 Å². The molecule has 1 atom stereocenters. The summed E-state index contributed by atoms with van der Waals surface area (Å²) in [6.07, 6.45) is 2.27. The Balaban J connectivity index is 2.84. The van der Waals surface area contributed by atoms with E-state index in [0.29, 0.717) is 12.2 Å². The van der Waals surface area contributed by atoms with E-state index in [-0.39, 0.29) is 5.91 Å². The van der Waals surface area contributed by atoms with E-state index >= 15 is 0 Å². The zero-order chi connectivity index (χ0) is 13.1. The first-order valence-corrected chi connectivity index (χ1v) is 6.21. The maximum Gasteiger partial charge on any atom is 0.257 e. The van der Waals surface area contributed by atoms with E-state index in [4.69, 9.17) is 4.74 Å². The van der Waals surface area contributed by atoms with Gasteiger partial charge in [0, 0.05) is 17.8 Å². The molecule has 0 aliphatic carbocycles. The fourth-order valence-electron chi connectivity index (χ4n) is 1.25. The van der Waals surface area contributed by atoms with Gasteiger partial charge in [0.1, 0.15) is 11.4 Å². The van der Waals surface area contributed by atoms with Crippen molar-refractivity contribution < 1.29 is 9.53 Å². The number of amides is 1. The predicted octanol–water partition coefficient (Wildman–Crippen LogP) is 2.91. The van der Waals surface area contributed by atoms with Crippen molar-refractivity contribution in [2.24, 2.45) is 0 Å². The molecule has 0 saturated heterocycles. The van der Waals surface area contributed by atoms with Gasteiger partial charge in [0.25, 0.3) is 5.91 Å². The summed E-state index contributed by atoms with van der Waals surface area (Å²) in [5, 5.41) is 2.76. The van der Waals surface area contributed by atoms with Gasteiger partial charge in [-0.1, -0.05) is 6.92 Å². The lowest BCUT2D eigenvalue weighted by Crippen LogP contribution is -2.41. The minimum absolute atomic E-state index is 0.184. The van der Waals surface area contributed by atoms with Gasteiger partial charge in [-0.15, -0.1) is 0 Å². The van der Waals surface area contributed by atoms with Crippen LogP contribution in [0.2, 0.25) is 0 Å². The Kier molecular flexibility index (Phi) is 4.65. The Labute approximate surface area is 110 Å². The number of ether oxygens (including phenoxy) is 1. The summed E-state index contributed by atoms with van der Waals surface area (Å²) in [7, 11) is 1.53. The molecule has 0 spiro atoms. The molecule has 4 nitrogen and oxygen atoms in total. The van der Waals surface area contributed by atoms with E-state index in [2.05, 4.69) is 26.2 Å². The molecule has 17 heavy (non-hydrogen) atoms. The second-order valence-electron chi connectivity index (χ2n) is 4.06. The highest BCUT2D eigenvalue weighted by Gasteiger charge is 2.31. The molecule has 0 aliphatic rings. The van der Waals surface area contributed by atoms with E-state index in [1.165, 1.54) is 7.11 Å². The monoisotopic (exact) mass is 300 g/mol. The van der Waals surface area contributed by atoms with Crippen LogP contribution >= 0.6 is 15.9 Å². The first-order chi connectivity index (χ1) is 7.92. The fraction of sp³-hybridized carbons (Fsp3) is 0.500. The maximum absolute atomic E-state index is 12.0. The van der Waals surface area contributed by atoms with Crippen LogP contribution in [0.4, 0.5) is 5.82 Å².